The van der Waals surface area contributed by atoms with Gasteiger partial charge in [-0.1, -0.05) is 6.07 Å². The summed E-state index contributed by atoms with van der Waals surface area (Å²) in [6, 6.07) is 10.9. The van der Waals surface area contributed by atoms with Gasteiger partial charge in [0.25, 0.3) is 5.91 Å². The summed E-state index contributed by atoms with van der Waals surface area (Å²) in [7, 11) is 0. The van der Waals surface area contributed by atoms with Crippen LogP contribution in [-0.4, -0.2) is 18.5 Å². The molecular formula is C16H13FINO3. The number of esters is 1. The fourth-order valence-corrected chi connectivity index (χ4v) is 2.08. The molecule has 6 heteroatoms. The number of amides is 1. The highest BCUT2D eigenvalue weighted by Crippen LogP contribution is 2.15. The van der Waals surface area contributed by atoms with E-state index in [1.54, 1.807) is 37.3 Å². The van der Waals surface area contributed by atoms with Gasteiger partial charge in [-0.2, -0.15) is 0 Å². The van der Waals surface area contributed by atoms with Crippen LogP contribution in [0.25, 0.3) is 0 Å². The molecule has 0 atom stereocenters. The molecule has 0 fully saturated rings. The SMILES string of the molecule is Cc1ccc(F)cc1NC(=O)COC(=O)c1ccc(I)cc1. The van der Waals surface area contributed by atoms with Gasteiger partial charge in [-0.15, -0.1) is 0 Å². The van der Waals surface area contributed by atoms with Crippen molar-refractivity contribution >= 4 is 40.2 Å². The fraction of sp³-hybridized carbons (Fsp3) is 0.125. The average molecular weight is 413 g/mol. The second kappa shape index (κ2) is 7.35. The van der Waals surface area contributed by atoms with Crippen LogP contribution >= 0.6 is 22.6 Å². The lowest BCUT2D eigenvalue weighted by Gasteiger charge is -2.09. The third-order valence-electron chi connectivity index (χ3n) is 2.89. The minimum absolute atomic E-state index is 0.357. The van der Waals surface area contributed by atoms with Crippen molar-refractivity contribution in [3.8, 4) is 0 Å². The van der Waals surface area contributed by atoms with Gasteiger partial charge in [0.05, 0.1) is 5.56 Å². The average Bonchev–Trinajstić information content (AvgIpc) is 2.49. The summed E-state index contributed by atoms with van der Waals surface area (Å²) in [5.74, 6) is -1.55. The van der Waals surface area contributed by atoms with Gasteiger partial charge < -0.3 is 10.1 Å². The molecule has 2 aromatic carbocycles. The first-order chi connectivity index (χ1) is 10.5. The molecule has 2 rings (SSSR count). The van der Waals surface area contributed by atoms with Crippen LogP contribution in [-0.2, 0) is 9.53 Å². The van der Waals surface area contributed by atoms with Crippen LogP contribution in [0.2, 0.25) is 0 Å². The van der Waals surface area contributed by atoms with Gasteiger partial charge >= 0.3 is 5.97 Å². The highest BCUT2D eigenvalue weighted by atomic mass is 127. The third-order valence-corrected chi connectivity index (χ3v) is 3.61. The van der Waals surface area contributed by atoms with Gasteiger partial charge in [0.2, 0.25) is 0 Å². The van der Waals surface area contributed by atoms with E-state index in [1.807, 2.05) is 0 Å². The van der Waals surface area contributed by atoms with Crippen molar-refractivity contribution in [2.24, 2.45) is 0 Å². The molecule has 0 aliphatic rings. The Kier molecular flexibility index (Phi) is 5.48. The molecule has 1 N–H and O–H groups in total. The lowest BCUT2D eigenvalue weighted by Crippen LogP contribution is -2.21. The lowest BCUT2D eigenvalue weighted by molar-refractivity contribution is -0.119. The Morgan fingerprint density at radius 1 is 1.18 bits per heavy atom. The zero-order valence-electron chi connectivity index (χ0n) is 11.7. The number of halogens is 2. The molecule has 0 saturated carbocycles. The van der Waals surface area contributed by atoms with Gasteiger partial charge in [-0.25, -0.2) is 9.18 Å². The Hall–Kier alpha value is -1.96. The first kappa shape index (κ1) is 16.4. The monoisotopic (exact) mass is 413 g/mol. The molecule has 0 unspecified atom stereocenters. The van der Waals surface area contributed by atoms with Gasteiger partial charge in [-0.3, -0.25) is 4.79 Å². The summed E-state index contributed by atoms with van der Waals surface area (Å²) < 4.78 is 19.0. The number of ether oxygens (including phenoxy) is 1. The molecule has 0 radical (unpaired) electrons. The summed E-state index contributed by atoms with van der Waals surface area (Å²) in [4.78, 5) is 23.5. The van der Waals surface area contributed by atoms with E-state index in [4.69, 9.17) is 4.74 Å². The normalized spacial score (nSPS) is 10.1. The maximum atomic E-state index is 13.1. The van der Waals surface area contributed by atoms with E-state index in [0.29, 0.717) is 11.3 Å². The third kappa shape index (κ3) is 4.52. The highest BCUT2D eigenvalue weighted by Gasteiger charge is 2.11. The summed E-state index contributed by atoms with van der Waals surface area (Å²) in [6.45, 7) is 1.31. The number of benzene rings is 2. The highest BCUT2D eigenvalue weighted by molar-refractivity contribution is 14.1. The van der Waals surface area contributed by atoms with Crippen LogP contribution in [0, 0.1) is 16.3 Å². The van der Waals surface area contributed by atoms with Crippen molar-refractivity contribution in [3.63, 3.8) is 0 Å². The van der Waals surface area contributed by atoms with Crippen molar-refractivity contribution in [2.45, 2.75) is 6.92 Å². The van der Waals surface area contributed by atoms with Crippen molar-refractivity contribution in [2.75, 3.05) is 11.9 Å². The van der Waals surface area contributed by atoms with E-state index in [0.717, 1.165) is 9.13 Å². The Labute approximate surface area is 140 Å². The van der Waals surface area contributed by atoms with Crippen LogP contribution in [0.1, 0.15) is 15.9 Å². The van der Waals surface area contributed by atoms with Gasteiger partial charge in [0, 0.05) is 9.26 Å². The summed E-state index contributed by atoms with van der Waals surface area (Å²) in [5, 5.41) is 2.51. The number of carbonyl (C=O) groups is 2. The number of rotatable bonds is 4. The molecular weight excluding hydrogens is 400 g/mol. The summed E-state index contributed by atoms with van der Waals surface area (Å²) >= 11 is 2.12. The molecule has 0 aromatic heterocycles. The molecule has 1 amide bonds. The van der Waals surface area contributed by atoms with E-state index in [2.05, 4.69) is 27.9 Å². The molecule has 114 valence electrons. The Morgan fingerprint density at radius 2 is 1.86 bits per heavy atom. The summed E-state index contributed by atoms with van der Waals surface area (Å²) in [6.07, 6.45) is 0. The Morgan fingerprint density at radius 3 is 2.55 bits per heavy atom. The number of hydrogen-bond acceptors (Lipinski definition) is 3. The van der Waals surface area contributed by atoms with E-state index >= 15 is 0 Å². The van der Waals surface area contributed by atoms with Gasteiger partial charge in [0.1, 0.15) is 5.82 Å². The van der Waals surface area contributed by atoms with E-state index < -0.39 is 24.3 Å². The standard InChI is InChI=1S/C16H13FINO3/c1-10-2-5-12(17)8-14(10)19-15(20)9-22-16(21)11-3-6-13(18)7-4-11/h2-8H,9H2,1H3,(H,19,20). The maximum absolute atomic E-state index is 13.1. The number of aryl methyl sites for hydroxylation is 1. The van der Waals surface area contributed by atoms with Crippen molar-refractivity contribution in [1.82, 2.24) is 0 Å². The number of carbonyl (C=O) groups excluding carboxylic acids is 2. The quantitative estimate of drug-likeness (QED) is 0.617. The zero-order valence-corrected chi connectivity index (χ0v) is 13.9. The number of nitrogens with one attached hydrogen (secondary N) is 1. The second-order valence-corrected chi connectivity index (χ2v) is 5.84. The number of anilines is 1. The summed E-state index contributed by atoms with van der Waals surface area (Å²) in [5.41, 5.74) is 1.45. The Balaban J connectivity index is 1.91. The van der Waals surface area contributed by atoms with Crippen LogP contribution in [0.15, 0.2) is 42.5 Å². The van der Waals surface area contributed by atoms with Crippen molar-refractivity contribution in [1.29, 1.82) is 0 Å². The maximum Gasteiger partial charge on any atom is 0.338 e. The fourth-order valence-electron chi connectivity index (χ4n) is 1.72. The van der Waals surface area contributed by atoms with Crippen LogP contribution in [0.4, 0.5) is 10.1 Å². The van der Waals surface area contributed by atoms with Crippen molar-refractivity contribution in [3.05, 3.63) is 63.0 Å². The largest absolute Gasteiger partial charge is 0.452 e. The van der Waals surface area contributed by atoms with E-state index in [1.165, 1.54) is 12.1 Å². The van der Waals surface area contributed by atoms with Crippen LogP contribution in [0.5, 0.6) is 0 Å². The predicted molar refractivity (Wildman–Crippen MR) is 89.2 cm³/mol. The molecule has 0 aliphatic heterocycles. The smallest absolute Gasteiger partial charge is 0.338 e. The van der Waals surface area contributed by atoms with E-state index in [9.17, 15) is 14.0 Å². The topological polar surface area (TPSA) is 55.4 Å². The molecule has 0 heterocycles. The molecule has 0 saturated heterocycles. The molecule has 22 heavy (non-hydrogen) atoms. The first-order valence-corrected chi connectivity index (χ1v) is 7.52. The van der Waals surface area contributed by atoms with Crippen LogP contribution < -0.4 is 5.32 Å². The minimum Gasteiger partial charge on any atom is -0.452 e. The molecule has 2 aromatic rings. The minimum atomic E-state index is -0.581. The second-order valence-electron chi connectivity index (χ2n) is 4.59. The molecule has 0 spiro atoms. The Bertz CT molecular complexity index is 701. The molecule has 4 nitrogen and oxygen atoms in total. The predicted octanol–water partition coefficient (Wildman–Crippen LogP) is 3.53. The van der Waals surface area contributed by atoms with Gasteiger partial charge in [0.15, 0.2) is 6.61 Å². The molecule has 0 aliphatic carbocycles. The van der Waals surface area contributed by atoms with Gasteiger partial charge in [-0.05, 0) is 71.5 Å². The zero-order chi connectivity index (χ0) is 16.1. The number of hydrogen-bond donors (Lipinski definition) is 1. The molecule has 0 bridgehead atoms. The lowest BCUT2D eigenvalue weighted by atomic mass is 10.2. The van der Waals surface area contributed by atoms with Crippen molar-refractivity contribution < 1.29 is 18.7 Å². The van der Waals surface area contributed by atoms with Crippen LogP contribution in [0.3, 0.4) is 0 Å². The first-order valence-electron chi connectivity index (χ1n) is 6.44. The van der Waals surface area contributed by atoms with E-state index in [-0.39, 0.29) is 0 Å².